The first kappa shape index (κ1) is 21.2. The molecule has 4 aromatic rings. The summed E-state index contributed by atoms with van der Waals surface area (Å²) < 4.78 is 14.8. The smallest absolute Gasteiger partial charge is 0.237 e. The molecule has 9 heteroatoms. The average molecular weight is 471 g/mol. The van der Waals surface area contributed by atoms with Crippen molar-refractivity contribution in [2.45, 2.75) is 5.16 Å². The lowest BCUT2D eigenvalue weighted by atomic mass is 10.2. The van der Waals surface area contributed by atoms with Crippen LogP contribution in [0.2, 0.25) is 10.0 Å². The van der Waals surface area contributed by atoms with Crippen molar-refractivity contribution in [3.63, 3.8) is 0 Å². The normalized spacial score (nSPS) is 11.8. The summed E-state index contributed by atoms with van der Waals surface area (Å²) in [4.78, 5) is 12.5. The van der Waals surface area contributed by atoms with Crippen LogP contribution in [-0.2, 0) is 15.6 Å². The molecule has 6 nitrogen and oxygen atoms in total. The molecule has 1 atom stereocenters. The van der Waals surface area contributed by atoms with Crippen molar-refractivity contribution < 1.29 is 9.00 Å². The third kappa shape index (κ3) is 4.85. The Balaban J connectivity index is 1.62. The number of nitrogens with one attached hydrogen (secondary N) is 1. The number of nitrogens with zero attached hydrogens (tertiary/aromatic N) is 3. The first-order valence-corrected chi connectivity index (χ1v) is 11.3. The van der Waals surface area contributed by atoms with Gasteiger partial charge in [0.2, 0.25) is 11.1 Å². The molecule has 0 aliphatic carbocycles. The molecule has 4 rings (SSSR count). The zero-order valence-corrected chi connectivity index (χ0v) is 18.4. The van der Waals surface area contributed by atoms with Gasteiger partial charge in [-0.3, -0.25) is 13.6 Å². The molecule has 31 heavy (non-hydrogen) atoms. The molecule has 0 aliphatic rings. The van der Waals surface area contributed by atoms with E-state index in [-0.39, 0.29) is 10.9 Å². The average Bonchev–Trinajstić information content (AvgIpc) is 3.23. The zero-order chi connectivity index (χ0) is 21.8. The number of para-hydroxylation sites is 1. The number of carbonyl (C=O) groups is 1. The molecule has 0 aliphatic heterocycles. The fourth-order valence-corrected chi connectivity index (χ4v) is 4.22. The molecule has 1 N–H and O–H groups in total. The highest BCUT2D eigenvalue weighted by molar-refractivity contribution is 7.85. The van der Waals surface area contributed by atoms with E-state index in [0.717, 1.165) is 11.3 Å². The van der Waals surface area contributed by atoms with Crippen molar-refractivity contribution in [1.82, 2.24) is 14.8 Å². The minimum atomic E-state index is -1.74. The maximum atomic E-state index is 13.1. The third-order valence-corrected chi connectivity index (χ3v) is 6.28. The first-order chi connectivity index (χ1) is 15.0. The van der Waals surface area contributed by atoms with Crippen molar-refractivity contribution in [3.8, 4) is 17.1 Å². The summed E-state index contributed by atoms with van der Waals surface area (Å²) in [6.07, 6.45) is 0. The standard InChI is InChI=1S/C22H16Cl2N4O2S/c23-18-12-11-16(13-19(18)24)25-20(29)14-31(30)22-27-26-21(15-7-3-1-4-8-15)28(22)17-9-5-2-6-10-17/h1-13H,14H2,(H,25,29)/t31-/m0/s1. The van der Waals surface area contributed by atoms with E-state index >= 15 is 0 Å². The lowest BCUT2D eigenvalue weighted by molar-refractivity contribution is -0.113. The van der Waals surface area contributed by atoms with Crippen LogP contribution in [0.5, 0.6) is 0 Å². The lowest BCUT2D eigenvalue weighted by Gasteiger charge is -2.10. The minimum Gasteiger partial charge on any atom is -0.325 e. The molecule has 3 aromatic carbocycles. The summed E-state index contributed by atoms with van der Waals surface area (Å²) in [6, 6.07) is 23.6. The number of hydrogen-bond donors (Lipinski definition) is 1. The summed E-state index contributed by atoms with van der Waals surface area (Å²) in [7, 11) is -1.74. The summed E-state index contributed by atoms with van der Waals surface area (Å²) in [5.74, 6) is -0.194. The van der Waals surface area contributed by atoms with Crippen LogP contribution in [0.3, 0.4) is 0 Å². The molecule has 0 fully saturated rings. The summed E-state index contributed by atoms with van der Waals surface area (Å²) in [6.45, 7) is 0. The van der Waals surface area contributed by atoms with Crippen LogP contribution in [0.1, 0.15) is 0 Å². The van der Waals surface area contributed by atoms with Gasteiger partial charge in [-0.2, -0.15) is 0 Å². The van der Waals surface area contributed by atoms with Gasteiger partial charge < -0.3 is 5.32 Å². The van der Waals surface area contributed by atoms with E-state index < -0.39 is 16.7 Å². The Labute approximate surface area is 191 Å². The fourth-order valence-electron chi connectivity index (χ4n) is 2.96. The van der Waals surface area contributed by atoms with E-state index in [1.165, 1.54) is 6.07 Å². The summed E-state index contributed by atoms with van der Waals surface area (Å²) in [5, 5.41) is 12.0. The number of aromatic nitrogens is 3. The van der Waals surface area contributed by atoms with Gasteiger partial charge in [0.05, 0.1) is 10.0 Å². The van der Waals surface area contributed by atoms with E-state index in [0.29, 0.717) is 21.6 Å². The number of benzene rings is 3. The van der Waals surface area contributed by atoms with Gasteiger partial charge in [-0.05, 0) is 30.3 Å². The topological polar surface area (TPSA) is 76.9 Å². The second-order valence-corrected chi connectivity index (χ2v) is 8.67. The monoisotopic (exact) mass is 470 g/mol. The van der Waals surface area contributed by atoms with Gasteiger partial charge in [-0.25, -0.2) is 0 Å². The molecular weight excluding hydrogens is 455 g/mol. The molecule has 1 aromatic heterocycles. The zero-order valence-electron chi connectivity index (χ0n) is 16.0. The second-order valence-electron chi connectivity index (χ2n) is 6.51. The summed E-state index contributed by atoms with van der Waals surface area (Å²) >= 11 is 11.9. The quantitative estimate of drug-likeness (QED) is 0.430. The van der Waals surface area contributed by atoms with Crippen molar-refractivity contribution in [2.75, 3.05) is 11.1 Å². The molecule has 0 spiro atoms. The molecule has 0 radical (unpaired) electrons. The largest absolute Gasteiger partial charge is 0.325 e. The molecule has 156 valence electrons. The first-order valence-electron chi connectivity index (χ1n) is 9.22. The third-order valence-electron chi connectivity index (χ3n) is 4.35. The molecule has 0 saturated carbocycles. The van der Waals surface area contributed by atoms with Gasteiger partial charge in [-0.15, -0.1) is 10.2 Å². The predicted octanol–water partition coefficient (Wildman–Crippen LogP) is 4.99. The highest BCUT2D eigenvalue weighted by Crippen LogP contribution is 2.26. The van der Waals surface area contributed by atoms with E-state index in [4.69, 9.17) is 23.2 Å². The van der Waals surface area contributed by atoms with E-state index in [2.05, 4.69) is 15.5 Å². The van der Waals surface area contributed by atoms with Gasteiger partial charge >= 0.3 is 0 Å². The van der Waals surface area contributed by atoms with E-state index in [1.54, 1.807) is 16.7 Å². The molecule has 1 heterocycles. The van der Waals surface area contributed by atoms with Gasteiger partial charge in [0.25, 0.3) is 0 Å². The Bertz CT molecular complexity index is 1250. The van der Waals surface area contributed by atoms with Gasteiger partial charge in [-0.1, -0.05) is 71.7 Å². The second kappa shape index (κ2) is 9.43. The fraction of sp³-hybridized carbons (Fsp3) is 0.0455. The van der Waals surface area contributed by atoms with Crippen LogP contribution in [0.15, 0.2) is 84.0 Å². The maximum Gasteiger partial charge on any atom is 0.237 e. The van der Waals surface area contributed by atoms with E-state index in [9.17, 15) is 9.00 Å². The number of halogens is 2. The highest BCUT2D eigenvalue weighted by Gasteiger charge is 2.22. The van der Waals surface area contributed by atoms with Crippen LogP contribution >= 0.6 is 23.2 Å². The molecular formula is C22H16Cl2N4O2S. The Morgan fingerprint density at radius 1 is 0.903 bits per heavy atom. The Kier molecular flexibility index (Phi) is 6.46. The van der Waals surface area contributed by atoms with Crippen LogP contribution in [0.4, 0.5) is 5.69 Å². The van der Waals surface area contributed by atoms with Crippen molar-refractivity contribution in [2.24, 2.45) is 0 Å². The van der Waals surface area contributed by atoms with Crippen LogP contribution in [0, 0.1) is 0 Å². The van der Waals surface area contributed by atoms with Gasteiger partial charge in [0, 0.05) is 16.9 Å². The van der Waals surface area contributed by atoms with Crippen molar-refractivity contribution in [1.29, 1.82) is 0 Å². The van der Waals surface area contributed by atoms with Crippen LogP contribution in [0.25, 0.3) is 17.1 Å². The Hall–Kier alpha value is -3.00. The van der Waals surface area contributed by atoms with Gasteiger partial charge in [0.1, 0.15) is 16.6 Å². The summed E-state index contributed by atoms with van der Waals surface area (Å²) in [5.41, 5.74) is 2.04. The number of anilines is 1. The van der Waals surface area contributed by atoms with E-state index in [1.807, 2.05) is 60.7 Å². The van der Waals surface area contributed by atoms with Crippen LogP contribution < -0.4 is 5.32 Å². The molecule has 0 unspecified atom stereocenters. The Morgan fingerprint density at radius 2 is 1.58 bits per heavy atom. The number of hydrogen-bond acceptors (Lipinski definition) is 4. The van der Waals surface area contributed by atoms with Crippen LogP contribution in [-0.4, -0.2) is 30.6 Å². The maximum absolute atomic E-state index is 13.1. The minimum absolute atomic E-state index is 0.189. The Morgan fingerprint density at radius 3 is 2.26 bits per heavy atom. The lowest BCUT2D eigenvalue weighted by Crippen LogP contribution is -2.21. The highest BCUT2D eigenvalue weighted by atomic mass is 35.5. The molecule has 0 saturated heterocycles. The van der Waals surface area contributed by atoms with Crippen molar-refractivity contribution in [3.05, 3.63) is 88.9 Å². The van der Waals surface area contributed by atoms with Crippen molar-refractivity contribution >= 4 is 45.6 Å². The van der Waals surface area contributed by atoms with Gasteiger partial charge in [0.15, 0.2) is 5.82 Å². The predicted molar refractivity (Wildman–Crippen MR) is 123 cm³/mol. The number of amides is 1. The molecule has 0 bridgehead atoms. The molecule has 1 amide bonds. The number of rotatable bonds is 6. The number of carbonyl (C=O) groups excluding carboxylic acids is 1. The SMILES string of the molecule is O=C(C[S@](=O)c1nnc(-c2ccccc2)n1-c1ccccc1)Nc1ccc(Cl)c(Cl)c1.